The molecule has 1 unspecified atom stereocenters. The van der Waals surface area contributed by atoms with Crippen LogP contribution in [0.3, 0.4) is 0 Å². The standard InChI is InChI=1S/C21H12F9NO/c22-19(23,24)15-3-1-2-13(9-15)18(21(28,29)30)10-16(32)7-5-12-4-6-14(11-31)17(8-12)20(25,26)27/h1-9,18H,10H2/b7-5+. The van der Waals surface area contributed by atoms with Crippen LogP contribution in [0.4, 0.5) is 39.5 Å². The average Bonchev–Trinajstić information content (AvgIpc) is 2.68. The van der Waals surface area contributed by atoms with E-state index >= 15 is 0 Å². The topological polar surface area (TPSA) is 40.9 Å². The molecular formula is C21H12F9NO. The van der Waals surface area contributed by atoms with E-state index in [2.05, 4.69) is 0 Å². The van der Waals surface area contributed by atoms with Crippen LogP contribution in [-0.4, -0.2) is 12.0 Å². The number of benzene rings is 2. The van der Waals surface area contributed by atoms with Crippen molar-refractivity contribution < 1.29 is 44.3 Å². The molecule has 0 amide bonds. The van der Waals surface area contributed by atoms with Crippen LogP contribution in [-0.2, 0) is 17.1 Å². The fourth-order valence-corrected chi connectivity index (χ4v) is 2.81. The van der Waals surface area contributed by atoms with Crippen molar-refractivity contribution in [3.63, 3.8) is 0 Å². The quantitative estimate of drug-likeness (QED) is 0.356. The molecule has 0 bridgehead atoms. The molecule has 0 fully saturated rings. The zero-order valence-electron chi connectivity index (χ0n) is 15.7. The third-order valence-electron chi connectivity index (χ3n) is 4.35. The Balaban J connectivity index is 2.30. The van der Waals surface area contributed by atoms with Gasteiger partial charge >= 0.3 is 18.5 Å². The molecule has 32 heavy (non-hydrogen) atoms. The summed E-state index contributed by atoms with van der Waals surface area (Å²) in [5.74, 6) is -3.71. The number of alkyl halides is 9. The minimum atomic E-state index is -5.05. The summed E-state index contributed by atoms with van der Waals surface area (Å²) in [6, 6.07) is 6.28. The van der Waals surface area contributed by atoms with E-state index in [1.54, 1.807) is 0 Å². The molecule has 0 heterocycles. The van der Waals surface area contributed by atoms with Crippen LogP contribution in [0.2, 0.25) is 0 Å². The summed E-state index contributed by atoms with van der Waals surface area (Å²) >= 11 is 0. The number of hydrogen-bond acceptors (Lipinski definition) is 2. The van der Waals surface area contributed by atoms with Crippen molar-refractivity contribution in [2.24, 2.45) is 0 Å². The van der Waals surface area contributed by atoms with Crippen LogP contribution in [0.15, 0.2) is 48.5 Å². The first kappa shape index (κ1) is 25.0. The number of hydrogen-bond donors (Lipinski definition) is 0. The van der Waals surface area contributed by atoms with E-state index in [0.29, 0.717) is 24.3 Å². The molecule has 0 aromatic heterocycles. The minimum absolute atomic E-state index is 0.202. The lowest BCUT2D eigenvalue weighted by Gasteiger charge is -2.20. The maximum atomic E-state index is 13.4. The Hall–Kier alpha value is -3.29. The van der Waals surface area contributed by atoms with Crippen LogP contribution < -0.4 is 0 Å². The second kappa shape index (κ2) is 9.06. The highest BCUT2D eigenvalue weighted by Crippen LogP contribution is 2.40. The van der Waals surface area contributed by atoms with Gasteiger partial charge in [0.1, 0.15) is 0 Å². The Morgan fingerprint density at radius 3 is 2.12 bits per heavy atom. The summed E-state index contributed by atoms with van der Waals surface area (Å²) in [4.78, 5) is 12.0. The van der Waals surface area contributed by atoms with Gasteiger partial charge in [-0.05, 0) is 35.4 Å². The molecule has 2 aromatic rings. The second-order valence-electron chi connectivity index (χ2n) is 6.64. The van der Waals surface area contributed by atoms with Gasteiger partial charge in [-0.2, -0.15) is 44.8 Å². The van der Waals surface area contributed by atoms with Gasteiger partial charge in [0.2, 0.25) is 0 Å². The summed E-state index contributed by atoms with van der Waals surface area (Å²) in [6.45, 7) is 0. The highest BCUT2D eigenvalue weighted by Gasteiger charge is 2.42. The third-order valence-corrected chi connectivity index (χ3v) is 4.35. The zero-order valence-corrected chi connectivity index (χ0v) is 15.7. The summed E-state index contributed by atoms with van der Waals surface area (Å²) in [5, 5.41) is 8.75. The Kier molecular flexibility index (Phi) is 7.07. The van der Waals surface area contributed by atoms with E-state index in [1.165, 1.54) is 6.07 Å². The number of allylic oxidation sites excluding steroid dienone is 1. The smallest absolute Gasteiger partial charge is 0.295 e. The SMILES string of the molecule is N#Cc1ccc(/C=C/C(=O)CC(c2cccc(C(F)(F)F)c2)C(F)(F)F)cc1C(F)(F)F. The average molecular weight is 465 g/mol. The van der Waals surface area contributed by atoms with Gasteiger partial charge in [0.15, 0.2) is 5.78 Å². The van der Waals surface area contributed by atoms with Gasteiger partial charge in [-0.25, -0.2) is 0 Å². The Labute approximate surface area is 175 Å². The molecule has 0 N–H and O–H groups in total. The van der Waals surface area contributed by atoms with Crippen LogP contribution in [0, 0.1) is 11.3 Å². The number of carbonyl (C=O) groups excluding carboxylic acids is 1. The number of halogens is 9. The summed E-state index contributed by atoms with van der Waals surface area (Å²) < 4.78 is 118. The lowest BCUT2D eigenvalue weighted by molar-refractivity contribution is -0.156. The number of carbonyl (C=O) groups is 1. The molecule has 0 aliphatic heterocycles. The van der Waals surface area contributed by atoms with Crippen molar-refractivity contribution in [1.29, 1.82) is 5.26 Å². The van der Waals surface area contributed by atoms with E-state index in [0.717, 1.165) is 30.3 Å². The van der Waals surface area contributed by atoms with Gasteiger partial charge in [0.05, 0.1) is 28.7 Å². The molecule has 2 aromatic carbocycles. The van der Waals surface area contributed by atoms with Crippen molar-refractivity contribution in [2.45, 2.75) is 30.9 Å². The molecule has 2 nitrogen and oxygen atoms in total. The van der Waals surface area contributed by atoms with Gasteiger partial charge in [-0.1, -0.05) is 30.3 Å². The number of nitrogens with zero attached hydrogens (tertiary/aromatic N) is 1. The Morgan fingerprint density at radius 2 is 1.59 bits per heavy atom. The van der Waals surface area contributed by atoms with Gasteiger partial charge in [-0.3, -0.25) is 4.79 Å². The molecule has 170 valence electrons. The van der Waals surface area contributed by atoms with E-state index < -0.39 is 58.9 Å². The highest BCUT2D eigenvalue weighted by molar-refractivity contribution is 5.94. The summed E-state index contributed by atoms with van der Waals surface area (Å²) in [7, 11) is 0. The minimum Gasteiger partial charge on any atom is -0.295 e. The van der Waals surface area contributed by atoms with Gasteiger partial charge in [0.25, 0.3) is 0 Å². The fourth-order valence-electron chi connectivity index (χ4n) is 2.81. The molecule has 0 aliphatic carbocycles. The summed E-state index contributed by atoms with van der Waals surface area (Å²) in [6.07, 6.45) is -14.6. The first-order chi connectivity index (χ1) is 14.6. The van der Waals surface area contributed by atoms with E-state index in [1.807, 2.05) is 0 Å². The lowest BCUT2D eigenvalue weighted by Crippen LogP contribution is -2.23. The lowest BCUT2D eigenvalue weighted by atomic mass is 9.91. The van der Waals surface area contributed by atoms with Crippen molar-refractivity contribution in [1.82, 2.24) is 0 Å². The molecule has 0 saturated heterocycles. The zero-order chi connectivity index (χ0) is 24.3. The van der Waals surface area contributed by atoms with Gasteiger partial charge in [0, 0.05) is 6.42 Å². The van der Waals surface area contributed by atoms with Crippen molar-refractivity contribution in [2.75, 3.05) is 0 Å². The number of nitriles is 1. The Morgan fingerprint density at radius 1 is 0.938 bits per heavy atom. The predicted molar refractivity (Wildman–Crippen MR) is 95.1 cm³/mol. The van der Waals surface area contributed by atoms with E-state index in [9.17, 15) is 44.3 Å². The molecule has 0 aliphatic rings. The van der Waals surface area contributed by atoms with Gasteiger partial charge in [-0.15, -0.1) is 0 Å². The monoisotopic (exact) mass is 465 g/mol. The van der Waals surface area contributed by atoms with Gasteiger partial charge < -0.3 is 0 Å². The van der Waals surface area contributed by atoms with Crippen LogP contribution in [0.1, 0.15) is 40.2 Å². The number of ketones is 1. The maximum Gasteiger partial charge on any atom is 0.417 e. The first-order valence-electron chi connectivity index (χ1n) is 8.69. The third kappa shape index (κ3) is 6.35. The summed E-state index contributed by atoms with van der Waals surface area (Å²) in [5.41, 5.74) is -4.25. The van der Waals surface area contributed by atoms with E-state index in [-0.39, 0.29) is 5.56 Å². The van der Waals surface area contributed by atoms with Crippen molar-refractivity contribution in [3.05, 3.63) is 76.4 Å². The molecule has 2 rings (SSSR count). The van der Waals surface area contributed by atoms with E-state index in [4.69, 9.17) is 5.26 Å². The maximum absolute atomic E-state index is 13.4. The van der Waals surface area contributed by atoms with Crippen LogP contribution in [0.25, 0.3) is 6.08 Å². The fraction of sp³-hybridized carbons (Fsp3) is 0.238. The largest absolute Gasteiger partial charge is 0.417 e. The van der Waals surface area contributed by atoms with Crippen molar-refractivity contribution in [3.8, 4) is 6.07 Å². The van der Waals surface area contributed by atoms with Crippen LogP contribution in [0.5, 0.6) is 0 Å². The first-order valence-corrected chi connectivity index (χ1v) is 8.69. The molecule has 1 atom stereocenters. The molecule has 0 radical (unpaired) electrons. The molecule has 0 saturated carbocycles. The van der Waals surface area contributed by atoms with Crippen LogP contribution >= 0.6 is 0 Å². The van der Waals surface area contributed by atoms with Crippen molar-refractivity contribution >= 4 is 11.9 Å². The predicted octanol–water partition coefficient (Wildman–Crippen LogP) is 6.91. The Bertz CT molecular complexity index is 1060. The highest BCUT2D eigenvalue weighted by atomic mass is 19.4. The molecular weight excluding hydrogens is 453 g/mol. The second-order valence-corrected chi connectivity index (χ2v) is 6.64. The molecule has 0 spiro atoms. The molecule has 11 heteroatoms. The number of rotatable bonds is 5. The normalized spacial score (nSPS) is 13.8.